The Morgan fingerprint density at radius 2 is 2.44 bits per heavy atom. The lowest BCUT2D eigenvalue weighted by Gasteiger charge is -2.43. The number of carboxylic acid groups (broad SMARTS) is 1. The van der Waals surface area contributed by atoms with Gasteiger partial charge < -0.3 is 9.84 Å². The third-order valence-corrected chi connectivity index (χ3v) is 5.14. The number of carboxylic acids is 1. The molecule has 92 valence electrons. The van der Waals surface area contributed by atoms with Crippen molar-refractivity contribution in [1.82, 2.24) is 5.32 Å². The summed E-state index contributed by atoms with van der Waals surface area (Å²) in [7, 11) is 0. The van der Waals surface area contributed by atoms with Crippen LogP contribution < -0.4 is 5.32 Å². The predicted molar refractivity (Wildman–Crippen MR) is 63.6 cm³/mol. The summed E-state index contributed by atoms with van der Waals surface area (Å²) in [6.45, 7) is 4.95. The molecule has 2 aliphatic rings. The molecule has 2 saturated heterocycles. The number of nitrogens with one attached hydrogen (secondary N) is 1. The minimum absolute atomic E-state index is 0.0773. The summed E-state index contributed by atoms with van der Waals surface area (Å²) in [5.74, 6) is -0.0798. The van der Waals surface area contributed by atoms with E-state index < -0.39 is 12.0 Å². The van der Waals surface area contributed by atoms with E-state index in [2.05, 4.69) is 19.2 Å². The largest absolute Gasteiger partial charge is 0.480 e. The SMILES string of the molecule is CCC1(C)CC2(CCO1)N[C@H](C(=O)O)CS2. The van der Waals surface area contributed by atoms with Gasteiger partial charge in [-0.05, 0) is 19.8 Å². The molecule has 5 heteroatoms. The fraction of sp³-hybridized carbons (Fsp3) is 0.909. The minimum Gasteiger partial charge on any atom is -0.480 e. The first-order chi connectivity index (χ1) is 7.49. The van der Waals surface area contributed by atoms with Gasteiger partial charge in [0.1, 0.15) is 6.04 Å². The van der Waals surface area contributed by atoms with E-state index >= 15 is 0 Å². The van der Waals surface area contributed by atoms with E-state index in [0.717, 1.165) is 25.9 Å². The third-order valence-electron chi connectivity index (χ3n) is 3.63. The van der Waals surface area contributed by atoms with Crippen LogP contribution in [0.4, 0.5) is 0 Å². The highest BCUT2D eigenvalue weighted by atomic mass is 32.2. The molecule has 3 atom stereocenters. The summed E-state index contributed by atoms with van der Waals surface area (Å²) < 4.78 is 5.80. The lowest BCUT2D eigenvalue weighted by atomic mass is 9.89. The second-order valence-corrected chi connectivity index (χ2v) is 6.32. The quantitative estimate of drug-likeness (QED) is 0.771. The number of carbonyl (C=O) groups is 1. The van der Waals surface area contributed by atoms with Crippen molar-refractivity contribution in [1.29, 1.82) is 0 Å². The van der Waals surface area contributed by atoms with Crippen LogP contribution in [0.2, 0.25) is 0 Å². The number of aliphatic carboxylic acids is 1. The molecule has 4 nitrogen and oxygen atoms in total. The van der Waals surface area contributed by atoms with Crippen LogP contribution in [0.15, 0.2) is 0 Å². The molecule has 0 amide bonds. The van der Waals surface area contributed by atoms with Gasteiger partial charge in [0.25, 0.3) is 0 Å². The number of hydrogen-bond acceptors (Lipinski definition) is 4. The monoisotopic (exact) mass is 245 g/mol. The first-order valence-electron chi connectivity index (χ1n) is 5.77. The Bertz CT molecular complexity index is 299. The normalized spacial score (nSPS) is 43.8. The van der Waals surface area contributed by atoms with Gasteiger partial charge in [0.15, 0.2) is 0 Å². The van der Waals surface area contributed by atoms with Gasteiger partial charge in [-0.2, -0.15) is 0 Å². The van der Waals surface area contributed by atoms with Crippen molar-refractivity contribution in [3.8, 4) is 0 Å². The molecule has 0 aromatic rings. The zero-order valence-electron chi connectivity index (χ0n) is 9.78. The Morgan fingerprint density at radius 1 is 1.69 bits per heavy atom. The van der Waals surface area contributed by atoms with Crippen LogP contribution in [0, 0.1) is 0 Å². The van der Waals surface area contributed by atoms with Gasteiger partial charge in [0, 0.05) is 18.8 Å². The van der Waals surface area contributed by atoms with Crippen LogP contribution in [0.25, 0.3) is 0 Å². The summed E-state index contributed by atoms with van der Waals surface area (Å²) in [5, 5.41) is 12.3. The summed E-state index contributed by atoms with van der Waals surface area (Å²) in [5.41, 5.74) is -0.106. The molecule has 2 aliphatic heterocycles. The highest BCUT2D eigenvalue weighted by Gasteiger charge is 2.48. The van der Waals surface area contributed by atoms with Crippen molar-refractivity contribution in [2.24, 2.45) is 0 Å². The second-order valence-electron chi connectivity index (χ2n) is 4.92. The molecule has 2 rings (SSSR count). The zero-order chi connectivity index (χ0) is 11.8. The predicted octanol–water partition coefficient (Wildman–Crippen LogP) is 1.45. The van der Waals surface area contributed by atoms with Crippen molar-refractivity contribution in [3.05, 3.63) is 0 Å². The Hall–Kier alpha value is -0.260. The molecule has 1 spiro atoms. The van der Waals surface area contributed by atoms with Crippen LogP contribution >= 0.6 is 11.8 Å². The van der Waals surface area contributed by atoms with Crippen LogP contribution in [0.3, 0.4) is 0 Å². The van der Waals surface area contributed by atoms with Crippen molar-refractivity contribution >= 4 is 17.7 Å². The van der Waals surface area contributed by atoms with E-state index in [0.29, 0.717) is 5.75 Å². The summed E-state index contributed by atoms with van der Waals surface area (Å²) in [6, 6.07) is -0.399. The molecule has 0 bridgehead atoms. The maximum Gasteiger partial charge on any atom is 0.321 e. The van der Waals surface area contributed by atoms with Gasteiger partial charge in [-0.25, -0.2) is 0 Å². The molecule has 0 radical (unpaired) electrons. The van der Waals surface area contributed by atoms with E-state index in [1.54, 1.807) is 11.8 Å². The average Bonchev–Trinajstić information content (AvgIpc) is 2.62. The van der Waals surface area contributed by atoms with E-state index in [1.807, 2.05) is 0 Å². The highest BCUT2D eigenvalue weighted by Crippen LogP contribution is 2.44. The van der Waals surface area contributed by atoms with Crippen molar-refractivity contribution in [2.75, 3.05) is 12.4 Å². The fourth-order valence-corrected chi connectivity index (χ4v) is 4.03. The molecule has 2 fully saturated rings. The molecule has 2 N–H and O–H groups in total. The smallest absolute Gasteiger partial charge is 0.321 e. The maximum atomic E-state index is 11.0. The Labute approximate surface area is 100 Å². The van der Waals surface area contributed by atoms with E-state index in [9.17, 15) is 4.79 Å². The second kappa shape index (κ2) is 4.20. The Morgan fingerprint density at radius 3 is 3.00 bits per heavy atom. The number of hydrogen-bond donors (Lipinski definition) is 2. The van der Waals surface area contributed by atoms with E-state index in [4.69, 9.17) is 9.84 Å². The Kier molecular flexibility index (Phi) is 3.20. The number of thioether (sulfide) groups is 1. The first kappa shape index (κ1) is 12.2. The topological polar surface area (TPSA) is 58.6 Å². The highest BCUT2D eigenvalue weighted by molar-refractivity contribution is 8.01. The lowest BCUT2D eigenvalue weighted by molar-refractivity contribution is -0.139. The van der Waals surface area contributed by atoms with E-state index in [-0.39, 0.29) is 10.5 Å². The molecule has 16 heavy (non-hydrogen) atoms. The van der Waals surface area contributed by atoms with Gasteiger partial charge in [-0.3, -0.25) is 10.1 Å². The molecule has 0 aliphatic carbocycles. The molecular formula is C11H19NO3S. The fourth-order valence-electron chi connectivity index (χ4n) is 2.46. The lowest BCUT2D eigenvalue weighted by Crippen LogP contribution is -2.53. The minimum atomic E-state index is -0.742. The van der Waals surface area contributed by atoms with Crippen LogP contribution in [0.1, 0.15) is 33.1 Å². The first-order valence-corrected chi connectivity index (χ1v) is 6.76. The number of rotatable bonds is 2. The van der Waals surface area contributed by atoms with Crippen LogP contribution in [-0.4, -0.2) is 39.9 Å². The molecule has 0 aromatic heterocycles. The maximum absolute atomic E-state index is 11.0. The molecule has 0 aromatic carbocycles. The number of ether oxygens (including phenoxy) is 1. The molecule has 0 saturated carbocycles. The average molecular weight is 245 g/mol. The van der Waals surface area contributed by atoms with Crippen LogP contribution in [-0.2, 0) is 9.53 Å². The zero-order valence-corrected chi connectivity index (χ0v) is 10.6. The van der Waals surface area contributed by atoms with Gasteiger partial charge >= 0.3 is 5.97 Å². The third kappa shape index (κ3) is 2.21. The summed E-state index contributed by atoms with van der Waals surface area (Å²) >= 11 is 1.75. The summed E-state index contributed by atoms with van der Waals surface area (Å²) in [6.07, 6.45) is 2.76. The standard InChI is InChI=1S/C11H19NO3S/c1-3-10(2)7-11(4-5-15-10)12-8(6-16-11)9(13)14/h8,12H,3-7H2,1-2H3,(H,13,14)/t8-,10?,11?/m0/s1. The van der Waals surface area contributed by atoms with E-state index in [1.165, 1.54) is 0 Å². The van der Waals surface area contributed by atoms with Crippen molar-refractivity contribution in [3.63, 3.8) is 0 Å². The molecular weight excluding hydrogens is 226 g/mol. The van der Waals surface area contributed by atoms with Gasteiger partial charge in [0.2, 0.25) is 0 Å². The van der Waals surface area contributed by atoms with Gasteiger partial charge in [-0.15, -0.1) is 11.8 Å². The van der Waals surface area contributed by atoms with Crippen molar-refractivity contribution in [2.45, 2.75) is 49.6 Å². The summed E-state index contributed by atoms with van der Waals surface area (Å²) in [4.78, 5) is 10.9. The van der Waals surface area contributed by atoms with Gasteiger partial charge in [-0.1, -0.05) is 6.92 Å². The van der Waals surface area contributed by atoms with Crippen LogP contribution in [0.5, 0.6) is 0 Å². The molecule has 2 unspecified atom stereocenters. The molecule has 2 heterocycles. The van der Waals surface area contributed by atoms with Crippen molar-refractivity contribution < 1.29 is 14.6 Å². The van der Waals surface area contributed by atoms with Gasteiger partial charge in [0.05, 0.1) is 10.5 Å². The Balaban J connectivity index is 2.07.